The van der Waals surface area contributed by atoms with Gasteiger partial charge in [-0.15, -0.1) is 0 Å². The van der Waals surface area contributed by atoms with Crippen LogP contribution in [0.3, 0.4) is 0 Å². The van der Waals surface area contributed by atoms with Gasteiger partial charge in [-0.05, 0) is 24.8 Å². The van der Waals surface area contributed by atoms with E-state index in [-0.39, 0.29) is 11.3 Å². The maximum atomic E-state index is 11.9. The van der Waals surface area contributed by atoms with Gasteiger partial charge in [0, 0.05) is 13.6 Å². The van der Waals surface area contributed by atoms with Crippen molar-refractivity contribution in [3.8, 4) is 0 Å². The molecule has 0 unspecified atom stereocenters. The highest BCUT2D eigenvalue weighted by molar-refractivity contribution is 5.92. The molecule has 96 valence electrons. The standard InChI is InChI=1S/C12H22N4O/c1-12(2,5-4-6-13)8-15-11(17)10-7-14-9-16(10)3/h7,9H,4-6,8,13H2,1-3H3,(H,15,17). The van der Waals surface area contributed by atoms with Crippen LogP contribution >= 0.6 is 0 Å². The first-order valence-electron chi connectivity index (χ1n) is 5.91. The van der Waals surface area contributed by atoms with Crippen molar-refractivity contribution in [2.45, 2.75) is 26.7 Å². The summed E-state index contributed by atoms with van der Waals surface area (Å²) in [5.41, 5.74) is 6.15. The molecule has 1 heterocycles. The number of aromatic nitrogens is 2. The Balaban J connectivity index is 2.45. The molecule has 0 bridgehead atoms. The Labute approximate surface area is 102 Å². The highest BCUT2D eigenvalue weighted by Crippen LogP contribution is 2.20. The molecule has 0 aliphatic heterocycles. The molecule has 17 heavy (non-hydrogen) atoms. The lowest BCUT2D eigenvalue weighted by Gasteiger charge is -2.24. The lowest BCUT2D eigenvalue weighted by atomic mass is 9.88. The first-order valence-corrected chi connectivity index (χ1v) is 5.91. The van der Waals surface area contributed by atoms with E-state index in [4.69, 9.17) is 5.73 Å². The number of imidazole rings is 1. The molecule has 3 N–H and O–H groups in total. The largest absolute Gasteiger partial charge is 0.350 e. The van der Waals surface area contributed by atoms with Gasteiger partial charge >= 0.3 is 0 Å². The number of hydrogen-bond donors (Lipinski definition) is 2. The SMILES string of the molecule is Cn1cncc1C(=O)NCC(C)(C)CCCN. The van der Waals surface area contributed by atoms with E-state index in [1.54, 1.807) is 17.1 Å². The third-order valence-corrected chi connectivity index (χ3v) is 2.83. The molecule has 1 aromatic rings. The Bertz CT molecular complexity index is 370. The zero-order valence-corrected chi connectivity index (χ0v) is 10.9. The molecule has 1 rings (SSSR count). The average Bonchev–Trinajstić information content (AvgIpc) is 2.70. The fourth-order valence-electron chi connectivity index (χ4n) is 1.66. The predicted octanol–water partition coefficient (Wildman–Crippen LogP) is 0.915. The summed E-state index contributed by atoms with van der Waals surface area (Å²) in [4.78, 5) is 15.8. The molecule has 0 saturated heterocycles. The molecule has 1 amide bonds. The summed E-state index contributed by atoms with van der Waals surface area (Å²) in [6.45, 7) is 5.61. The van der Waals surface area contributed by atoms with Crippen LogP contribution in [0.15, 0.2) is 12.5 Å². The number of nitrogens with zero attached hydrogens (tertiary/aromatic N) is 2. The lowest BCUT2D eigenvalue weighted by Crippen LogP contribution is -2.35. The van der Waals surface area contributed by atoms with Crippen molar-refractivity contribution in [1.29, 1.82) is 0 Å². The number of amides is 1. The second kappa shape index (κ2) is 5.82. The van der Waals surface area contributed by atoms with E-state index in [2.05, 4.69) is 24.1 Å². The normalized spacial score (nSPS) is 11.5. The van der Waals surface area contributed by atoms with Crippen LogP contribution in [0.5, 0.6) is 0 Å². The van der Waals surface area contributed by atoms with Gasteiger partial charge in [0.1, 0.15) is 5.69 Å². The topological polar surface area (TPSA) is 72.9 Å². The Kier molecular flexibility index (Phi) is 4.69. The molecule has 0 aliphatic carbocycles. The number of nitrogens with one attached hydrogen (secondary N) is 1. The van der Waals surface area contributed by atoms with E-state index in [1.165, 1.54) is 0 Å². The molecule has 5 heteroatoms. The van der Waals surface area contributed by atoms with Crippen molar-refractivity contribution in [3.63, 3.8) is 0 Å². The van der Waals surface area contributed by atoms with E-state index in [1.807, 2.05) is 7.05 Å². The molecular weight excluding hydrogens is 216 g/mol. The number of hydrogen-bond acceptors (Lipinski definition) is 3. The van der Waals surface area contributed by atoms with Gasteiger partial charge in [-0.3, -0.25) is 4.79 Å². The van der Waals surface area contributed by atoms with Crippen LogP contribution in [0, 0.1) is 5.41 Å². The van der Waals surface area contributed by atoms with Crippen LogP contribution in [0.4, 0.5) is 0 Å². The van der Waals surface area contributed by atoms with Crippen molar-refractivity contribution in [2.24, 2.45) is 18.2 Å². The zero-order chi connectivity index (χ0) is 12.9. The number of carbonyl (C=O) groups is 1. The molecule has 0 spiro atoms. The highest BCUT2D eigenvalue weighted by Gasteiger charge is 2.19. The summed E-state index contributed by atoms with van der Waals surface area (Å²) >= 11 is 0. The first-order chi connectivity index (χ1) is 7.96. The van der Waals surface area contributed by atoms with Gasteiger partial charge in [0.05, 0.1) is 12.5 Å². The molecular formula is C12H22N4O. The minimum absolute atomic E-state index is 0.0770. The van der Waals surface area contributed by atoms with Crippen LogP contribution < -0.4 is 11.1 Å². The Morgan fingerprint density at radius 1 is 1.59 bits per heavy atom. The average molecular weight is 238 g/mol. The number of rotatable bonds is 6. The van der Waals surface area contributed by atoms with Gasteiger partial charge in [-0.2, -0.15) is 0 Å². The summed E-state index contributed by atoms with van der Waals surface area (Å²) in [5.74, 6) is -0.0779. The predicted molar refractivity (Wildman–Crippen MR) is 67.6 cm³/mol. The van der Waals surface area contributed by atoms with Crippen LogP contribution in [0.2, 0.25) is 0 Å². The molecule has 5 nitrogen and oxygen atoms in total. The molecule has 0 fully saturated rings. The van der Waals surface area contributed by atoms with Gasteiger partial charge in [0.15, 0.2) is 0 Å². The van der Waals surface area contributed by atoms with Crippen LogP contribution in [0.1, 0.15) is 37.2 Å². The lowest BCUT2D eigenvalue weighted by molar-refractivity contribution is 0.0926. The van der Waals surface area contributed by atoms with Crippen LogP contribution in [-0.4, -0.2) is 28.5 Å². The molecule has 1 aromatic heterocycles. The van der Waals surface area contributed by atoms with Gasteiger partial charge < -0.3 is 15.6 Å². The van der Waals surface area contributed by atoms with E-state index < -0.39 is 0 Å². The maximum Gasteiger partial charge on any atom is 0.269 e. The van der Waals surface area contributed by atoms with Crippen molar-refractivity contribution in [2.75, 3.05) is 13.1 Å². The summed E-state index contributed by atoms with van der Waals surface area (Å²) in [6, 6.07) is 0. The van der Waals surface area contributed by atoms with Crippen LogP contribution in [-0.2, 0) is 7.05 Å². The molecule has 0 aromatic carbocycles. The van der Waals surface area contributed by atoms with E-state index >= 15 is 0 Å². The van der Waals surface area contributed by atoms with Gasteiger partial charge in [-0.1, -0.05) is 13.8 Å². The Hall–Kier alpha value is -1.36. The third-order valence-electron chi connectivity index (χ3n) is 2.83. The summed E-state index contributed by atoms with van der Waals surface area (Å²) in [7, 11) is 1.81. The van der Waals surface area contributed by atoms with E-state index in [9.17, 15) is 4.79 Å². The molecule has 0 aliphatic rings. The minimum Gasteiger partial charge on any atom is -0.350 e. The third kappa shape index (κ3) is 4.19. The number of nitrogens with two attached hydrogens (primary N) is 1. The highest BCUT2D eigenvalue weighted by atomic mass is 16.1. The first kappa shape index (κ1) is 13.7. The van der Waals surface area contributed by atoms with Gasteiger partial charge in [0.25, 0.3) is 5.91 Å². The van der Waals surface area contributed by atoms with Gasteiger partial charge in [-0.25, -0.2) is 4.98 Å². The van der Waals surface area contributed by atoms with E-state index in [0.717, 1.165) is 12.8 Å². The second-order valence-electron chi connectivity index (χ2n) is 5.13. The second-order valence-corrected chi connectivity index (χ2v) is 5.13. The number of aryl methyl sites for hydroxylation is 1. The van der Waals surface area contributed by atoms with Crippen molar-refractivity contribution in [1.82, 2.24) is 14.9 Å². The smallest absolute Gasteiger partial charge is 0.269 e. The van der Waals surface area contributed by atoms with Crippen molar-refractivity contribution >= 4 is 5.91 Å². The molecule has 0 saturated carbocycles. The fourth-order valence-corrected chi connectivity index (χ4v) is 1.66. The van der Waals surface area contributed by atoms with E-state index in [0.29, 0.717) is 18.8 Å². The molecule has 0 atom stereocenters. The minimum atomic E-state index is -0.0779. The quantitative estimate of drug-likeness (QED) is 0.774. The zero-order valence-electron chi connectivity index (χ0n) is 10.9. The van der Waals surface area contributed by atoms with Crippen molar-refractivity contribution < 1.29 is 4.79 Å². The van der Waals surface area contributed by atoms with Crippen molar-refractivity contribution in [3.05, 3.63) is 18.2 Å². The summed E-state index contributed by atoms with van der Waals surface area (Å²) in [6.07, 6.45) is 5.18. The van der Waals surface area contributed by atoms with Gasteiger partial charge in [0.2, 0.25) is 0 Å². The Morgan fingerprint density at radius 3 is 2.82 bits per heavy atom. The molecule has 0 radical (unpaired) electrons. The fraction of sp³-hybridized carbons (Fsp3) is 0.667. The Morgan fingerprint density at radius 2 is 2.29 bits per heavy atom. The number of carbonyl (C=O) groups excluding carboxylic acids is 1. The summed E-state index contributed by atoms with van der Waals surface area (Å²) < 4.78 is 1.71. The van der Waals surface area contributed by atoms with Crippen LogP contribution in [0.25, 0.3) is 0 Å². The monoisotopic (exact) mass is 238 g/mol. The summed E-state index contributed by atoms with van der Waals surface area (Å²) in [5, 5.41) is 2.93. The maximum absolute atomic E-state index is 11.9.